The van der Waals surface area contributed by atoms with Crippen molar-refractivity contribution < 1.29 is 19.4 Å². The Labute approximate surface area is 122 Å². The first-order chi connectivity index (χ1) is 9.56. The van der Waals surface area contributed by atoms with E-state index in [0.29, 0.717) is 23.2 Å². The Morgan fingerprint density at radius 3 is 2.65 bits per heavy atom. The van der Waals surface area contributed by atoms with Gasteiger partial charge in [0.2, 0.25) is 0 Å². The van der Waals surface area contributed by atoms with Gasteiger partial charge in [0.25, 0.3) is 5.91 Å². The second-order valence-electron chi connectivity index (χ2n) is 4.83. The second-order valence-corrected chi connectivity index (χ2v) is 5.24. The number of aliphatic carboxylic acids is 1. The molecule has 1 fully saturated rings. The van der Waals surface area contributed by atoms with Gasteiger partial charge in [-0.2, -0.15) is 0 Å². The molecule has 1 aromatic carbocycles. The number of halogens is 1. The molecule has 0 bridgehead atoms. The summed E-state index contributed by atoms with van der Waals surface area (Å²) in [7, 11) is 0. The molecular formula is C14H16ClNO4. The zero-order valence-corrected chi connectivity index (χ0v) is 11.7. The van der Waals surface area contributed by atoms with Crippen molar-refractivity contribution in [2.45, 2.75) is 12.8 Å². The Bertz CT molecular complexity index is 502. The Kier molecular flexibility index (Phi) is 4.84. The van der Waals surface area contributed by atoms with Crippen LogP contribution in [0.15, 0.2) is 24.3 Å². The van der Waals surface area contributed by atoms with E-state index in [1.54, 1.807) is 24.3 Å². The lowest BCUT2D eigenvalue weighted by Gasteiger charge is -2.20. The quantitative estimate of drug-likeness (QED) is 0.836. The monoisotopic (exact) mass is 297 g/mol. The SMILES string of the molecule is O=C(O)CN(CC1CC1)C(=O)COc1ccccc1Cl. The molecule has 0 atom stereocenters. The number of rotatable bonds is 7. The lowest BCUT2D eigenvalue weighted by molar-refractivity contribution is -0.145. The van der Waals surface area contributed by atoms with Crippen LogP contribution < -0.4 is 4.74 Å². The summed E-state index contributed by atoms with van der Waals surface area (Å²) in [5.74, 6) is -0.501. The van der Waals surface area contributed by atoms with Crippen LogP contribution in [0.3, 0.4) is 0 Å². The highest BCUT2D eigenvalue weighted by molar-refractivity contribution is 6.32. The minimum absolute atomic E-state index is 0.205. The van der Waals surface area contributed by atoms with Gasteiger partial charge in [-0.25, -0.2) is 0 Å². The summed E-state index contributed by atoms with van der Waals surface area (Å²) in [6.07, 6.45) is 2.10. The molecule has 1 N–H and O–H groups in total. The number of carbonyl (C=O) groups excluding carboxylic acids is 1. The highest BCUT2D eigenvalue weighted by Crippen LogP contribution is 2.29. The molecule has 1 aliphatic carbocycles. The third kappa shape index (κ3) is 4.42. The van der Waals surface area contributed by atoms with Crippen molar-refractivity contribution in [3.05, 3.63) is 29.3 Å². The van der Waals surface area contributed by atoms with Gasteiger partial charge in [-0.15, -0.1) is 0 Å². The first-order valence-electron chi connectivity index (χ1n) is 6.43. The van der Waals surface area contributed by atoms with E-state index in [1.165, 1.54) is 4.90 Å². The molecular weight excluding hydrogens is 282 g/mol. The normalized spacial score (nSPS) is 13.8. The van der Waals surface area contributed by atoms with E-state index in [1.807, 2.05) is 0 Å². The van der Waals surface area contributed by atoms with E-state index in [2.05, 4.69) is 0 Å². The highest BCUT2D eigenvalue weighted by atomic mass is 35.5. The number of benzene rings is 1. The standard InChI is InChI=1S/C14H16ClNO4/c15-11-3-1-2-4-12(11)20-9-13(17)16(8-14(18)19)7-10-5-6-10/h1-4,10H,5-9H2,(H,18,19). The number of carboxylic acid groups (broad SMARTS) is 1. The Hall–Kier alpha value is -1.75. The summed E-state index contributed by atoms with van der Waals surface area (Å²) >= 11 is 5.92. The van der Waals surface area contributed by atoms with Crippen molar-refractivity contribution in [1.29, 1.82) is 0 Å². The average Bonchev–Trinajstić information content (AvgIpc) is 3.20. The molecule has 0 heterocycles. The van der Waals surface area contributed by atoms with Crippen LogP contribution in [0.1, 0.15) is 12.8 Å². The summed E-state index contributed by atoms with van der Waals surface area (Å²) in [6.45, 7) is -0.0119. The number of hydrogen-bond acceptors (Lipinski definition) is 3. The fourth-order valence-electron chi connectivity index (χ4n) is 1.82. The third-order valence-electron chi connectivity index (χ3n) is 3.04. The summed E-state index contributed by atoms with van der Waals surface area (Å²) in [5, 5.41) is 9.26. The minimum atomic E-state index is -1.02. The van der Waals surface area contributed by atoms with Crippen molar-refractivity contribution in [3.63, 3.8) is 0 Å². The first-order valence-corrected chi connectivity index (χ1v) is 6.81. The number of nitrogens with zero attached hydrogens (tertiary/aromatic N) is 1. The highest BCUT2D eigenvalue weighted by Gasteiger charge is 2.28. The van der Waals surface area contributed by atoms with Crippen molar-refractivity contribution in [2.24, 2.45) is 5.92 Å². The predicted molar refractivity (Wildman–Crippen MR) is 73.9 cm³/mol. The van der Waals surface area contributed by atoms with Gasteiger partial charge in [-0.05, 0) is 30.9 Å². The van der Waals surface area contributed by atoms with E-state index < -0.39 is 5.97 Å². The summed E-state index contributed by atoms with van der Waals surface area (Å²) in [4.78, 5) is 24.1. The number of carbonyl (C=O) groups is 2. The van der Waals surface area contributed by atoms with Crippen LogP contribution in [-0.4, -0.2) is 41.6 Å². The van der Waals surface area contributed by atoms with Gasteiger partial charge in [0.05, 0.1) is 5.02 Å². The molecule has 0 spiro atoms. The largest absolute Gasteiger partial charge is 0.482 e. The lowest BCUT2D eigenvalue weighted by atomic mass is 10.3. The number of ether oxygens (including phenoxy) is 1. The molecule has 0 saturated heterocycles. The van der Waals surface area contributed by atoms with Crippen LogP contribution >= 0.6 is 11.6 Å². The van der Waals surface area contributed by atoms with Gasteiger partial charge < -0.3 is 14.7 Å². The molecule has 2 rings (SSSR count). The molecule has 20 heavy (non-hydrogen) atoms. The van der Waals surface area contributed by atoms with E-state index in [4.69, 9.17) is 21.4 Å². The van der Waals surface area contributed by atoms with Gasteiger partial charge in [0.1, 0.15) is 12.3 Å². The zero-order chi connectivity index (χ0) is 14.5. The maximum absolute atomic E-state index is 12.0. The van der Waals surface area contributed by atoms with Crippen LogP contribution in [0.2, 0.25) is 5.02 Å². The van der Waals surface area contributed by atoms with Crippen molar-refractivity contribution in [2.75, 3.05) is 19.7 Å². The first kappa shape index (κ1) is 14.7. The van der Waals surface area contributed by atoms with Gasteiger partial charge >= 0.3 is 5.97 Å². The molecule has 0 radical (unpaired) electrons. The van der Waals surface area contributed by atoms with Gasteiger partial charge in [0, 0.05) is 6.54 Å². The smallest absolute Gasteiger partial charge is 0.323 e. The number of hydrogen-bond donors (Lipinski definition) is 1. The third-order valence-corrected chi connectivity index (χ3v) is 3.35. The molecule has 0 unspecified atom stereocenters. The number of amides is 1. The molecule has 6 heteroatoms. The van der Waals surface area contributed by atoms with E-state index in [-0.39, 0.29) is 19.1 Å². The molecule has 1 amide bonds. The lowest BCUT2D eigenvalue weighted by Crippen LogP contribution is -2.40. The Morgan fingerprint density at radius 2 is 2.05 bits per heavy atom. The fourth-order valence-corrected chi connectivity index (χ4v) is 2.01. The second kappa shape index (κ2) is 6.61. The van der Waals surface area contributed by atoms with Crippen LogP contribution in [0, 0.1) is 5.92 Å². The summed E-state index contributed by atoms with van der Waals surface area (Å²) < 4.78 is 5.35. The van der Waals surface area contributed by atoms with Gasteiger partial charge in [-0.1, -0.05) is 23.7 Å². The molecule has 1 aromatic rings. The Morgan fingerprint density at radius 1 is 1.35 bits per heavy atom. The summed E-state index contributed by atoms with van der Waals surface area (Å²) in [5.41, 5.74) is 0. The van der Waals surface area contributed by atoms with E-state index in [0.717, 1.165) is 12.8 Å². The molecule has 0 aliphatic heterocycles. The maximum Gasteiger partial charge on any atom is 0.323 e. The van der Waals surface area contributed by atoms with Crippen molar-refractivity contribution >= 4 is 23.5 Å². The van der Waals surface area contributed by atoms with Gasteiger partial charge in [0.15, 0.2) is 6.61 Å². The molecule has 108 valence electrons. The molecule has 5 nitrogen and oxygen atoms in total. The topological polar surface area (TPSA) is 66.8 Å². The molecule has 1 aliphatic rings. The minimum Gasteiger partial charge on any atom is -0.482 e. The molecule has 0 aromatic heterocycles. The predicted octanol–water partition coefficient (Wildman–Crippen LogP) is 2.04. The van der Waals surface area contributed by atoms with Crippen LogP contribution in [-0.2, 0) is 9.59 Å². The maximum atomic E-state index is 12.0. The molecule has 1 saturated carbocycles. The van der Waals surface area contributed by atoms with Gasteiger partial charge in [-0.3, -0.25) is 9.59 Å². The van der Waals surface area contributed by atoms with E-state index in [9.17, 15) is 9.59 Å². The van der Waals surface area contributed by atoms with Crippen LogP contribution in [0.25, 0.3) is 0 Å². The van der Waals surface area contributed by atoms with Crippen LogP contribution in [0.5, 0.6) is 5.75 Å². The average molecular weight is 298 g/mol. The van der Waals surface area contributed by atoms with E-state index >= 15 is 0 Å². The Balaban J connectivity index is 1.90. The van der Waals surface area contributed by atoms with Crippen LogP contribution in [0.4, 0.5) is 0 Å². The fraction of sp³-hybridized carbons (Fsp3) is 0.429. The number of para-hydroxylation sites is 1. The van der Waals surface area contributed by atoms with Crippen molar-refractivity contribution in [3.8, 4) is 5.75 Å². The number of carboxylic acids is 1. The zero-order valence-electron chi connectivity index (χ0n) is 10.9. The summed E-state index contributed by atoms with van der Waals surface area (Å²) in [6, 6.07) is 6.85. The van der Waals surface area contributed by atoms with Crippen molar-refractivity contribution in [1.82, 2.24) is 4.90 Å².